The molecule has 0 saturated heterocycles. The summed E-state index contributed by atoms with van der Waals surface area (Å²) in [4.78, 5) is 4.32. The number of fused-ring (bicyclic) bond motifs is 1. The second kappa shape index (κ2) is 4.71. The highest BCUT2D eigenvalue weighted by Crippen LogP contribution is 2.25. The van der Waals surface area contributed by atoms with E-state index in [4.69, 9.17) is 4.42 Å². The zero-order valence-corrected chi connectivity index (χ0v) is 11.1. The fourth-order valence-corrected chi connectivity index (χ4v) is 2.60. The predicted octanol–water partition coefficient (Wildman–Crippen LogP) is 4.26. The molecule has 0 unspecified atom stereocenters. The van der Waals surface area contributed by atoms with Crippen molar-refractivity contribution in [1.82, 2.24) is 4.98 Å². The number of aromatic nitrogens is 1. The lowest BCUT2D eigenvalue weighted by molar-refractivity contribution is 0.604. The van der Waals surface area contributed by atoms with Crippen LogP contribution in [0.2, 0.25) is 0 Å². The molecule has 0 radical (unpaired) electrons. The molecule has 92 valence electrons. The molecule has 0 N–H and O–H groups in total. The Hall–Kier alpha value is -2.38. The van der Waals surface area contributed by atoms with E-state index in [1.165, 1.54) is 11.3 Å². The molecule has 0 saturated carbocycles. The van der Waals surface area contributed by atoms with Crippen molar-refractivity contribution in [2.75, 3.05) is 0 Å². The number of hydrogen-bond acceptors (Lipinski definition) is 4. The smallest absolute Gasteiger partial charge is 0.134 e. The fraction of sp³-hybridized carbons (Fsp3) is 0.0667. The lowest BCUT2D eigenvalue weighted by Gasteiger charge is -1.90. The third-order valence-electron chi connectivity index (χ3n) is 2.70. The molecule has 19 heavy (non-hydrogen) atoms. The SMILES string of the molecule is Cc1csc(C(C#N)=Cc2cc3ccccc3o2)n1. The topological polar surface area (TPSA) is 49.8 Å². The average Bonchev–Trinajstić information content (AvgIpc) is 3.01. The summed E-state index contributed by atoms with van der Waals surface area (Å²) in [6.45, 7) is 1.91. The average molecular weight is 266 g/mol. The zero-order chi connectivity index (χ0) is 13.2. The van der Waals surface area contributed by atoms with Crippen molar-refractivity contribution in [3.63, 3.8) is 0 Å². The first-order chi connectivity index (χ1) is 9.26. The third kappa shape index (κ3) is 2.28. The Balaban J connectivity index is 2.05. The van der Waals surface area contributed by atoms with Gasteiger partial charge in [-0.05, 0) is 19.1 Å². The van der Waals surface area contributed by atoms with Crippen LogP contribution in [-0.4, -0.2) is 4.98 Å². The highest BCUT2D eigenvalue weighted by atomic mass is 32.1. The number of furan rings is 1. The number of aryl methyl sites for hydroxylation is 1. The molecule has 0 spiro atoms. The lowest BCUT2D eigenvalue weighted by Crippen LogP contribution is -1.80. The molecule has 1 aromatic carbocycles. The molecule has 0 fully saturated rings. The summed E-state index contributed by atoms with van der Waals surface area (Å²) in [6.07, 6.45) is 1.73. The van der Waals surface area contributed by atoms with E-state index in [1.54, 1.807) is 6.08 Å². The molecule has 0 aliphatic rings. The summed E-state index contributed by atoms with van der Waals surface area (Å²) in [7, 11) is 0. The van der Waals surface area contributed by atoms with Crippen molar-refractivity contribution in [2.45, 2.75) is 6.92 Å². The van der Waals surface area contributed by atoms with Gasteiger partial charge in [0.2, 0.25) is 0 Å². The van der Waals surface area contributed by atoms with E-state index in [2.05, 4.69) is 11.1 Å². The van der Waals surface area contributed by atoms with Crippen molar-refractivity contribution in [3.05, 3.63) is 52.2 Å². The van der Waals surface area contributed by atoms with Crippen LogP contribution < -0.4 is 0 Å². The molecule has 0 atom stereocenters. The van der Waals surface area contributed by atoms with Crippen LogP contribution in [0.5, 0.6) is 0 Å². The van der Waals surface area contributed by atoms with E-state index >= 15 is 0 Å². The first-order valence-corrected chi connectivity index (χ1v) is 6.67. The molecule has 2 aromatic heterocycles. The van der Waals surface area contributed by atoms with Crippen LogP contribution in [0.3, 0.4) is 0 Å². The fourth-order valence-electron chi connectivity index (χ4n) is 1.84. The molecule has 0 bridgehead atoms. The second-order valence-corrected chi connectivity index (χ2v) is 5.01. The Morgan fingerprint density at radius 2 is 2.26 bits per heavy atom. The molecule has 0 amide bonds. The Bertz CT molecular complexity index is 772. The van der Waals surface area contributed by atoms with Crippen LogP contribution in [-0.2, 0) is 0 Å². The summed E-state index contributed by atoms with van der Waals surface area (Å²) in [5.41, 5.74) is 2.27. The van der Waals surface area contributed by atoms with Crippen molar-refractivity contribution < 1.29 is 4.42 Å². The molecule has 3 aromatic rings. The van der Waals surface area contributed by atoms with E-state index in [9.17, 15) is 5.26 Å². The number of benzene rings is 1. The minimum atomic E-state index is 0.525. The highest BCUT2D eigenvalue weighted by Gasteiger charge is 2.08. The molecular formula is C15H10N2OS. The predicted molar refractivity (Wildman–Crippen MR) is 76.5 cm³/mol. The van der Waals surface area contributed by atoms with E-state index in [1.807, 2.05) is 42.6 Å². The number of thiazole rings is 1. The van der Waals surface area contributed by atoms with Gasteiger partial charge in [0.25, 0.3) is 0 Å². The van der Waals surface area contributed by atoms with Crippen molar-refractivity contribution in [3.8, 4) is 6.07 Å². The van der Waals surface area contributed by atoms with Gasteiger partial charge in [0.15, 0.2) is 0 Å². The number of para-hydroxylation sites is 1. The van der Waals surface area contributed by atoms with Gasteiger partial charge in [-0.1, -0.05) is 18.2 Å². The van der Waals surface area contributed by atoms with Gasteiger partial charge >= 0.3 is 0 Å². The largest absolute Gasteiger partial charge is 0.457 e. The summed E-state index contributed by atoms with van der Waals surface area (Å²) in [5, 5.41) is 12.9. The highest BCUT2D eigenvalue weighted by molar-refractivity contribution is 7.11. The number of allylic oxidation sites excluding steroid dienone is 1. The summed E-state index contributed by atoms with van der Waals surface area (Å²) in [6, 6.07) is 11.9. The quantitative estimate of drug-likeness (QED) is 0.651. The standard InChI is InChI=1S/C15H10N2OS/c1-10-9-19-15(17-10)12(8-16)7-13-6-11-4-2-3-5-14(11)18-13/h2-7,9H,1H3. The third-order valence-corrected chi connectivity index (χ3v) is 3.69. The van der Waals surface area contributed by atoms with Crippen LogP contribution in [0.15, 0.2) is 40.1 Å². The Morgan fingerprint density at radius 3 is 2.95 bits per heavy atom. The molecule has 3 rings (SSSR count). The molecule has 0 aliphatic heterocycles. The molecule has 2 heterocycles. The van der Waals surface area contributed by atoms with Gasteiger partial charge in [0.1, 0.15) is 22.4 Å². The van der Waals surface area contributed by atoms with E-state index < -0.39 is 0 Å². The van der Waals surface area contributed by atoms with E-state index in [-0.39, 0.29) is 0 Å². The maximum atomic E-state index is 9.23. The van der Waals surface area contributed by atoms with Gasteiger partial charge in [-0.25, -0.2) is 4.98 Å². The summed E-state index contributed by atoms with van der Waals surface area (Å²) in [5.74, 6) is 0.672. The summed E-state index contributed by atoms with van der Waals surface area (Å²) < 4.78 is 5.68. The van der Waals surface area contributed by atoms with Gasteiger partial charge in [-0.15, -0.1) is 11.3 Å². The molecule has 0 aliphatic carbocycles. The monoisotopic (exact) mass is 266 g/mol. The second-order valence-electron chi connectivity index (χ2n) is 4.15. The maximum Gasteiger partial charge on any atom is 0.134 e. The minimum Gasteiger partial charge on any atom is -0.457 e. The Morgan fingerprint density at radius 1 is 1.42 bits per heavy atom. The van der Waals surface area contributed by atoms with Crippen LogP contribution in [0, 0.1) is 18.3 Å². The summed E-state index contributed by atoms with van der Waals surface area (Å²) >= 11 is 1.46. The van der Waals surface area contributed by atoms with Crippen LogP contribution in [0.25, 0.3) is 22.6 Å². The van der Waals surface area contributed by atoms with Crippen molar-refractivity contribution in [1.29, 1.82) is 5.26 Å². The number of nitriles is 1. The number of hydrogen-bond donors (Lipinski definition) is 0. The Labute approximate surface area is 114 Å². The zero-order valence-electron chi connectivity index (χ0n) is 10.3. The maximum absolute atomic E-state index is 9.23. The van der Waals surface area contributed by atoms with Crippen LogP contribution >= 0.6 is 11.3 Å². The normalized spacial score (nSPS) is 11.7. The Kier molecular flexibility index (Phi) is 2.90. The van der Waals surface area contributed by atoms with Gasteiger partial charge in [-0.3, -0.25) is 0 Å². The minimum absolute atomic E-state index is 0.525. The first-order valence-electron chi connectivity index (χ1n) is 5.79. The van der Waals surface area contributed by atoms with E-state index in [0.717, 1.165) is 21.7 Å². The van der Waals surface area contributed by atoms with E-state index in [0.29, 0.717) is 11.3 Å². The lowest BCUT2D eigenvalue weighted by atomic mass is 10.2. The van der Waals surface area contributed by atoms with Crippen LogP contribution in [0.1, 0.15) is 16.5 Å². The van der Waals surface area contributed by atoms with Gasteiger partial charge in [0, 0.05) is 22.5 Å². The van der Waals surface area contributed by atoms with Crippen molar-refractivity contribution >= 4 is 34.0 Å². The van der Waals surface area contributed by atoms with Gasteiger partial charge < -0.3 is 4.42 Å². The molecule has 4 heteroatoms. The number of rotatable bonds is 2. The molecular weight excluding hydrogens is 256 g/mol. The molecule has 3 nitrogen and oxygen atoms in total. The van der Waals surface area contributed by atoms with Crippen molar-refractivity contribution in [2.24, 2.45) is 0 Å². The van der Waals surface area contributed by atoms with Gasteiger partial charge in [-0.2, -0.15) is 5.26 Å². The number of nitrogens with zero attached hydrogens (tertiary/aromatic N) is 2. The first kappa shape index (κ1) is 11.7. The van der Waals surface area contributed by atoms with Crippen LogP contribution in [0.4, 0.5) is 0 Å². The van der Waals surface area contributed by atoms with Gasteiger partial charge in [0.05, 0.1) is 5.57 Å².